The lowest BCUT2D eigenvalue weighted by Crippen LogP contribution is -2.09. The van der Waals surface area contributed by atoms with Crippen molar-refractivity contribution >= 4 is 0 Å². The Kier molecular flexibility index (Phi) is 3.00. The SMILES string of the molecule is C=CCC1CNCC1c1ccccc1. The average molecular weight is 187 g/mol. The number of hydrogen-bond donors (Lipinski definition) is 1. The van der Waals surface area contributed by atoms with Crippen LogP contribution >= 0.6 is 0 Å². The van der Waals surface area contributed by atoms with E-state index >= 15 is 0 Å². The molecule has 0 spiro atoms. The third kappa shape index (κ3) is 1.88. The number of nitrogens with one attached hydrogen (secondary N) is 1. The van der Waals surface area contributed by atoms with Crippen LogP contribution in [0.4, 0.5) is 0 Å². The van der Waals surface area contributed by atoms with Gasteiger partial charge in [-0.05, 0) is 24.4 Å². The maximum atomic E-state index is 3.82. The number of hydrogen-bond acceptors (Lipinski definition) is 1. The van der Waals surface area contributed by atoms with Crippen molar-refractivity contribution in [3.05, 3.63) is 48.6 Å². The topological polar surface area (TPSA) is 12.0 Å². The van der Waals surface area contributed by atoms with Gasteiger partial charge in [0.2, 0.25) is 0 Å². The number of allylic oxidation sites excluding steroid dienone is 1. The summed E-state index contributed by atoms with van der Waals surface area (Å²) in [5.74, 6) is 1.41. The Labute approximate surface area is 85.8 Å². The van der Waals surface area contributed by atoms with Crippen molar-refractivity contribution in [1.29, 1.82) is 0 Å². The van der Waals surface area contributed by atoms with Gasteiger partial charge in [-0.1, -0.05) is 36.4 Å². The molecule has 0 bridgehead atoms. The minimum atomic E-state index is 0.675. The van der Waals surface area contributed by atoms with E-state index in [1.54, 1.807) is 0 Å². The molecule has 1 aliphatic heterocycles. The van der Waals surface area contributed by atoms with Gasteiger partial charge in [0, 0.05) is 12.5 Å². The van der Waals surface area contributed by atoms with E-state index in [4.69, 9.17) is 0 Å². The van der Waals surface area contributed by atoms with Crippen LogP contribution in [0.1, 0.15) is 17.9 Å². The third-order valence-corrected chi connectivity index (χ3v) is 3.04. The highest BCUT2D eigenvalue weighted by Gasteiger charge is 2.26. The summed E-state index contributed by atoms with van der Waals surface area (Å²) in [7, 11) is 0. The van der Waals surface area contributed by atoms with Gasteiger partial charge in [0.1, 0.15) is 0 Å². The van der Waals surface area contributed by atoms with E-state index < -0.39 is 0 Å². The molecular formula is C13H17N. The Hall–Kier alpha value is -1.08. The molecule has 1 aromatic rings. The zero-order valence-electron chi connectivity index (χ0n) is 8.45. The van der Waals surface area contributed by atoms with E-state index in [1.165, 1.54) is 5.56 Å². The molecule has 0 aliphatic carbocycles. The van der Waals surface area contributed by atoms with E-state index in [0.717, 1.165) is 25.4 Å². The molecule has 1 saturated heterocycles. The van der Waals surface area contributed by atoms with Crippen LogP contribution in [0.2, 0.25) is 0 Å². The Morgan fingerprint density at radius 3 is 2.79 bits per heavy atom. The van der Waals surface area contributed by atoms with Gasteiger partial charge in [0.15, 0.2) is 0 Å². The fraction of sp³-hybridized carbons (Fsp3) is 0.385. The molecule has 2 atom stereocenters. The summed E-state index contributed by atoms with van der Waals surface area (Å²) in [6, 6.07) is 10.8. The van der Waals surface area contributed by atoms with Crippen molar-refractivity contribution in [3.63, 3.8) is 0 Å². The number of rotatable bonds is 3. The smallest absolute Gasteiger partial charge is 0.00235 e. The van der Waals surface area contributed by atoms with Crippen LogP contribution in [0.15, 0.2) is 43.0 Å². The van der Waals surface area contributed by atoms with Crippen molar-refractivity contribution in [2.75, 3.05) is 13.1 Å². The second kappa shape index (κ2) is 4.43. The molecule has 1 N–H and O–H groups in total. The maximum absolute atomic E-state index is 3.82. The second-order valence-electron chi connectivity index (χ2n) is 3.96. The van der Waals surface area contributed by atoms with E-state index in [9.17, 15) is 0 Å². The summed E-state index contributed by atoms with van der Waals surface area (Å²) in [4.78, 5) is 0. The molecule has 1 heteroatoms. The van der Waals surface area contributed by atoms with Gasteiger partial charge in [-0.25, -0.2) is 0 Å². The molecule has 1 fully saturated rings. The lowest BCUT2D eigenvalue weighted by atomic mass is 9.87. The van der Waals surface area contributed by atoms with Crippen LogP contribution in [0.3, 0.4) is 0 Å². The second-order valence-corrected chi connectivity index (χ2v) is 3.96. The van der Waals surface area contributed by atoms with E-state index in [1.807, 2.05) is 6.08 Å². The number of benzene rings is 1. The first-order valence-electron chi connectivity index (χ1n) is 5.28. The fourth-order valence-electron chi connectivity index (χ4n) is 2.29. The molecule has 0 saturated carbocycles. The molecule has 1 aromatic carbocycles. The Bertz CT molecular complexity index is 291. The molecule has 2 rings (SSSR count). The van der Waals surface area contributed by atoms with Crippen LogP contribution in [-0.4, -0.2) is 13.1 Å². The Morgan fingerprint density at radius 2 is 2.07 bits per heavy atom. The molecule has 1 heterocycles. The van der Waals surface area contributed by atoms with Gasteiger partial charge in [0.05, 0.1) is 0 Å². The summed E-state index contributed by atoms with van der Waals surface area (Å²) in [5.41, 5.74) is 1.46. The first kappa shape index (κ1) is 9.47. The van der Waals surface area contributed by atoms with E-state index in [0.29, 0.717) is 5.92 Å². The molecule has 14 heavy (non-hydrogen) atoms. The van der Waals surface area contributed by atoms with Crippen molar-refractivity contribution in [2.45, 2.75) is 12.3 Å². The minimum absolute atomic E-state index is 0.675. The summed E-state index contributed by atoms with van der Waals surface area (Å²) >= 11 is 0. The van der Waals surface area contributed by atoms with Crippen molar-refractivity contribution in [3.8, 4) is 0 Å². The van der Waals surface area contributed by atoms with Crippen LogP contribution < -0.4 is 5.32 Å². The third-order valence-electron chi connectivity index (χ3n) is 3.04. The first-order chi connectivity index (χ1) is 6.92. The van der Waals surface area contributed by atoms with Crippen molar-refractivity contribution in [1.82, 2.24) is 5.32 Å². The van der Waals surface area contributed by atoms with E-state index in [-0.39, 0.29) is 0 Å². The summed E-state index contributed by atoms with van der Waals surface area (Å²) in [6.07, 6.45) is 3.15. The monoisotopic (exact) mass is 187 g/mol. The molecule has 1 aliphatic rings. The normalized spacial score (nSPS) is 26.3. The molecule has 1 nitrogen and oxygen atoms in total. The van der Waals surface area contributed by atoms with Gasteiger partial charge in [-0.2, -0.15) is 0 Å². The van der Waals surface area contributed by atoms with Gasteiger partial charge in [-0.15, -0.1) is 6.58 Å². The van der Waals surface area contributed by atoms with Crippen LogP contribution in [0.25, 0.3) is 0 Å². The highest BCUT2D eigenvalue weighted by Crippen LogP contribution is 2.30. The lowest BCUT2D eigenvalue weighted by molar-refractivity contribution is 0.527. The van der Waals surface area contributed by atoms with Gasteiger partial charge >= 0.3 is 0 Å². The standard InChI is InChI=1S/C13H17N/c1-2-6-12-9-14-10-13(12)11-7-4-3-5-8-11/h2-5,7-8,12-14H,1,6,9-10H2. The minimum Gasteiger partial charge on any atom is -0.316 e. The van der Waals surface area contributed by atoms with Gasteiger partial charge < -0.3 is 5.32 Å². The fourth-order valence-corrected chi connectivity index (χ4v) is 2.29. The highest BCUT2D eigenvalue weighted by molar-refractivity contribution is 5.22. The van der Waals surface area contributed by atoms with Crippen LogP contribution in [0, 0.1) is 5.92 Å². The molecular weight excluding hydrogens is 170 g/mol. The Balaban J connectivity index is 2.13. The predicted octanol–water partition coefficient (Wildman–Crippen LogP) is 2.57. The summed E-state index contributed by atoms with van der Waals surface area (Å²) < 4.78 is 0. The quantitative estimate of drug-likeness (QED) is 0.717. The zero-order chi connectivity index (χ0) is 9.80. The molecule has 0 aromatic heterocycles. The zero-order valence-corrected chi connectivity index (χ0v) is 8.45. The first-order valence-corrected chi connectivity index (χ1v) is 5.28. The molecule has 0 radical (unpaired) electrons. The molecule has 2 unspecified atom stereocenters. The highest BCUT2D eigenvalue weighted by atomic mass is 14.9. The van der Waals surface area contributed by atoms with Gasteiger partial charge in [0.25, 0.3) is 0 Å². The lowest BCUT2D eigenvalue weighted by Gasteiger charge is -2.16. The largest absolute Gasteiger partial charge is 0.316 e. The Morgan fingerprint density at radius 1 is 1.29 bits per heavy atom. The van der Waals surface area contributed by atoms with Crippen molar-refractivity contribution < 1.29 is 0 Å². The van der Waals surface area contributed by atoms with E-state index in [2.05, 4.69) is 42.2 Å². The average Bonchev–Trinajstić information content (AvgIpc) is 2.68. The summed E-state index contributed by atoms with van der Waals surface area (Å²) in [5, 5.41) is 3.46. The van der Waals surface area contributed by atoms with Crippen LogP contribution in [0.5, 0.6) is 0 Å². The maximum Gasteiger partial charge on any atom is 0.00235 e. The molecule has 0 amide bonds. The summed E-state index contributed by atoms with van der Waals surface area (Å²) in [6.45, 7) is 6.07. The van der Waals surface area contributed by atoms with Crippen LogP contribution in [-0.2, 0) is 0 Å². The van der Waals surface area contributed by atoms with Gasteiger partial charge in [-0.3, -0.25) is 0 Å². The van der Waals surface area contributed by atoms with Crippen molar-refractivity contribution in [2.24, 2.45) is 5.92 Å². The predicted molar refractivity (Wildman–Crippen MR) is 60.4 cm³/mol. The molecule has 74 valence electrons.